The van der Waals surface area contributed by atoms with E-state index in [1.165, 1.54) is 0 Å². The van der Waals surface area contributed by atoms with E-state index < -0.39 is 12.0 Å². The molecule has 0 aliphatic carbocycles. The summed E-state index contributed by atoms with van der Waals surface area (Å²) in [5.41, 5.74) is 3.26. The molecular formula is C23H23NO2. The summed E-state index contributed by atoms with van der Waals surface area (Å²) in [6, 6.07) is 29.3. The highest BCUT2D eigenvalue weighted by Gasteiger charge is 2.26. The van der Waals surface area contributed by atoms with Gasteiger partial charge in [-0.1, -0.05) is 91.0 Å². The van der Waals surface area contributed by atoms with Crippen molar-refractivity contribution in [1.82, 2.24) is 4.90 Å². The largest absolute Gasteiger partial charge is 0.480 e. The van der Waals surface area contributed by atoms with Crippen LogP contribution in [0.1, 0.15) is 16.7 Å². The molecule has 0 radical (unpaired) electrons. The van der Waals surface area contributed by atoms with Gasteiger partial charge in [0.1, 0.15) is 6.04 Å². The third kappa shape index (κ3) is 5.04. The van der Waals surface area contributed by atoms with Gasteiger partial charge in [0, 0.05) is 13.1 Å². The minimum absolute atomic E-state index is 0.482. The minimum atomic E-state index is -0.791. The van der Waals surface area contributed by atoms with Crippen molar-refractivity contribution >= 4 is 5.97 Å². The van der Waals surface area contributed by atoms with Crippen LogP contribution in [0.5, 0.6) is 0 Å². The predicted molar refractivity (Wildman–Crippen MR) is 104 cm³/mol. The Balaban J connectivity index is 1.86. The van der Waals surface area contributed by atoms with Gasteiger partial charge >= 0.3 is 5.97 Å². The molecule has 0 amide bonds. The Morgan fingerprint density at radius 2 is 1.08 bits per heavy atom. The number of benzene rings is 3. The highest BCUT2D eigenvalue weighted by atomic mass is 16.4. The van der Waals surface area contributed by atoms with Crippen LogP contribution in [-0.4, -0.2) is 22.0 Å². The van der Waals surface area contributed by atoms with E-state index >= 15 is 0 Å². The van der Waals surface area contributed by atoms with Gasteiger partial charge < -0.3 is 5.11 Å². The first-order valence-electron chi connectivity index (χ1n) is 8.81. The molecule has 0 saturated heterocycles. The summed E-state index contributed by atoms with van der Waals surface area (Å²) >= 11 is 0. The van der Waals surface area contributed by atoms with Crippen LogP contribution in [0.2, 0.25) is 0 Å². The molecule has 1 atom stereocenters. The van der Waals surface area contributed by atoms with Gasteiger partial charge in [-0.3, -0.25) is 9.69 Å². The molecule has 0 unspecified atom stereocenters. The molecule has 3 aromatic rings. The molecule has 0 spiro atoms. The van der Waals surface area contributed by atoms with E-state index in [1.807, 2.05) is 95.9 Å². The van der Waals surface area contributed by atoms with Gasteiger partial charge in [-0.2, -0.15) is 0 Å². The number of carboxylic acids is 1. The average molecular weight is 345 g/mol. The Kier molecular flexibility index (Phi) is 6.18. The predicted octanol–water partition coefficient (Wildman–Crippen LogP) is 4.38. The molecule has 0 heterocycles. The van der Waals surface area contributed by atoms with Gasteiger partial charge in [0.05, 0.1) is 0 Å². The maximum absolute atomic E-state index is 12.1. The number of nitrogens with zero attached hydrogens (tertiary/aromatic N) is 1. The van der Waals surface area contributed by atoms with Crippen molar-refractivity contribution in [2.75, 3.05) is 0 Å². The van der Waals surface area contributed by atoms with Gasteiger partial charge in [0.2, 0.25) is 0 Å². The summed E-state index contributed by atoms with van der Waals surface area (Å²) in [5, 5.41) is 9.92. The standard InChI is InChI=1S/C23H23NO2/c25-23(26)22(16-19-10-4-1-5-11-19)24(17-20-12-6-2-7-13-20)18-21-14-8-3-9-15-21/h1-15,22H,16-18H2,(H,25,26)/t22-/m1/s1. The monoisotopic (exact) mass is 345 g/mol. The van der Waals surface area contributed by atoms with Crippen LogP contribution < -0.4 is 0 Å². The van der Waals surface area contributed by atoms with E-state index in [-0.39, 0.29) is 0 Å². The molecule has 0 bridgehead atoms. The van der Waals surface area contributed by atoms with E-state index in [0.717, 1.165) is 16.7 Å². The van der Waals surface area contributed by atoms with Gasteiger partial charge in [0.25, 0.3) is 0 Å². The van der Waals surface area contributed by atoms with Crippen molar-refractivity contribution in [3.05, 3.63) is 108 Å². The zero-order chi connectivity index (χ0) is 18.2. The van der Waals surface area contributed by atoms with E-state index in [9.17, 15) is 9.90 Å². The summed E-state index contributed by atoms with van der Waals surface area (Å²) in [7, 11) is 0. The van der Waals surface area contributed by atoms with E-state index in [1.54, 1.807) is 0 Å². The van der Waals surface area contributed by atoms with Crippen LogP contribution >= 0.6 is 0 Å². The molecule has 3 nitrogen and oxygen atoms in total. The van der Waals surface area contributed by atoms with Crippen molar-refractivity contribution in [3.63, 3.8) is 0 Å². The number of rotatable bonds is 8. The number of carboxylic acid groups (broad SMARTS) is 1. The molecule has 3 rings (SSSR count). The molecule has 3 aromatic carbocycles. The zero-order valence-corrected chi connectivity index (χ0v) is 14.7. The molecule has 0 aliphatic rings. The van der Waals surface area contributed by atoms with Crippen LogP contribution in [0, 0.1) is 0 Å². The number of aliphatic carboxylic acids is 1. The normalized spacial score (nSPS) is 12.0. The Hall–Kier alpha value is -2.91. The van der Waals surface area contributed by atoms with E-state index in [2.05, 4.69) is 0 Å². The van der Waals surface area contributed by atoms with Gasteiger partial charge in [-0.25, -0.2) is 0 Å². The van der Waals surface area contributed by atoms with Crippen molar-refractivity contribution in [1.29, 1.82) is 0 Å². The second-order valence-corrected chi connectivity index (χ2v) is 6.42. The molecule has 26 heavy (non-hydrogen) atoms. The van der Waals surface area contributed by atoms with Crippen LogP contribution in [-0.2, 0) is 24.3 Å². The molecule has 3 heteroatoms. The quantitative estimate of drug-likeness (QED) is 0.658. The Morgan fingerprint density at radius 1 is 0.692 bits per heavy atom. The van der Waals surface area contributed by atoms with Crippen molar-refractivity contribution in [2.45, 2.75) is 25.6 Å². The minimum Gasteiger partial charge on any atom is -0.480 e. The van der Waals surface area contributed by atoms with Gasteiger partial charge in [0.15, 0.2) is 0 Å². The van der Waals surface area contributed by atoms with Crippen LogP contribution in [0.25, 0.3) is 0 Å². The first-order valence-corrected chi connectivity index (χ1v) is 8.81. The SMILES string of the molecule is O=C(O)[C@@H](Cc1ccccc1)N(Cc1ccccc1)Cc1ccccc1. The topological polar surface area (TPSA) is 40.5 Å². The van der Waals surface area contributed by atoms with Crippen molar-refractivity contribution in [2.24, 2.45) is 0 Å². The number of hydrogen-bond donors (Lipinski definition) is 1. The third-order valence-electron chi connectivity index (χ3n) is 4.45. The Labute approximate surface area is 154 Å². The van der Waals surface area contributed by atoms with Crippen molar-refractivity contribution < 1.29 is 9.90 Å². The van der Waals surface area contributed by atoms with Crippen LogP contribution in [0.15, 0.2) is 91.0 Å². The fourth-order valence-corrected chi connectivity index (χ4v) is 3.12. The van der Waals surface area contributed by atoms with Gasteiger partial charge in [-0.15, -0.1) is 0 Å². The highest BCUT2D eigenvalue weighted by molar-refractivity contribution is 5.74. The second-order valence-electron chi connectivity index (χ2n) is 6.42. The Morgan fingerprint density at radius 3 is 1.46 bits per heavy atom. The van der Waals surface area contributed by atoms with Crippen LogP contribution in [0.4, 0.5) is 0 Å². The molecule has 132 valence electrons. The molecular weight excluding hydrogens is 322 g/mol. The summed E-state index contributed by atoms with van der Waals surface area (Å²) in [4.78, 5) is 14.1. The second kappa shape index (κ2) is 8.97. The third-order valence-corrected chi connectivity index (χ3v) is 4.45. The molecule has 1 N–H and O–H groups in total. The summed E-state index contributed by atoms with van der Waals surface area (Å²) in [6.07, 6.45) is 0.482. The fourth-order valence-electron chi connectivity index (χ4n) is 3.12. The lowest BCUT2D eigenvalue weighted by atomic mass is 10.0. The van der Waals surface area contributed by atoms with Gasteiger partial charge in [-0.05, 0) is 23.1 Å². The lowest BCUT2D eigenvalue weighted by Gasteiger charge is -2.29. The first kappa shape index (κ1) is 17.9. The average Bonchev–Trinajstić information content (AvgIpc) is 2.68. The lowest BCUT2D eigenvalue weighted by molar-refractivity contribution is -0.143. The number of hydrogen-bond acceptors (Lipinski definition) is 2. The molecule has 0 fully saturated rings. The van der Waals surface area contributed by atoms with Crippen molar-refractivity contribution in [3.8, 4) is 0 Å². The van der Waals surface area contributed by atoms with Crippen LogP contribution in [0.3, 0.4) is 0 Å². The summed E-state index contributed by atoms with van der Waals surface area (Å²) < 4.78 is 0. The zero-order valence-electron chi connectivity index (χ0n) is 14.7. The van der Waals surface area contributed by atoms with E-state index in [0.29, 0.717) is 19.5 Å². The molecule has 0 saturated carbocycles. The summed E-state index contributed by atoms with van der Waals surface area (Å²) in [5.74, 6) is -0.791. The fraction of sp³-hybridized carbons (Fsp3) is 0.174. The number of carbonyl (C=O) groups is 1. The Bertz CT molecular complexity index is 762. The lowest BCUT2D eigenvalue weighted by Crippen LogP contribution is -2.42. The summed E-state index contributed by atoms with van der Waals surface area (Å²) in [6.45, 7) is 1.19. The smallest absolute Gasteiger partial charge is 0.321 e. The van der Waals surface area contributed by atoms with E-state index in [4.69, 9.17) is 0 Å². The highest BCUT2D eigenvalue weighted by Crippen LogP contribution is 2.17. The first-order chi connectivity index (χ1) is 12.7. The maximum atomic E-state index is 12.1. The molecule has 0 aromatic heterocycles. The molecule has 0 aliphatic heterocycles. The maximum Gasteiger partial charge on any atom is 0.321 e.